The highest BCUT2D eigenvalue weighted by atomic mass is 79.9. The molecular weight excluding hydrogens is 578 g/mol. The molecule has 0 spiro atoms. The van der Waals surface area contributed by atoms with Crippen LogP contribution in [0.1, 0.15) is 52.8 Å². The van der Waals surface area contributed by atoms with Crippen molar-refractivity contribution in [3.63, 3.8) is 0 Å². The van der Waals surface area contributed by atoms with Gasteiger partial charge in [0.05, 0.1) is 5.39 Å². The van der Waals surface area contributed by atoms with Crippen molar-refractivity contribution in [1.29, 1.82) is 0 Å². The van der Waals surface area contributed by atoms with Gasteiger partial charge in [0.25, 0.3) is 0 Å². The molecule has 0 aliphatic carbocycles. The quantitative estimate of drug-likeness (QED) is 0.228. The van der Waals surface area contributed by atoms with Crippen LogP contribution in [-0.4, -0.2) is 79.7 Å². The largest absolute Gasteiger partial charge is 0.387 e. The molecule has 3 aromatic rings. The molecule has 1 aliphatic rings. The predicted molar refractivity (Wildman–Crippen MR) is 159 cm³/mol. The molecule has 4 atom stereocenters. The molecule has 1 fully saturated rings. The van der Waals surface area contributed by atoms with Crippen molar-refractivity contribution in [2.24, 2.45) is 0 Å². The number of benzene rings is 1. The lowest BCUT2D eigenvalue weighted by Gasteiger charge is -2.30. The average Bonchev–Trinajstić information content (AvgIpc) is 3.37. The molecular formula is C28H40BrN7O4. The molecule has 0 unspecified atom stereocenters. The molecule has 0 bridgehead atoms. The summed E-state index contributed by atoms with van der Waals surface area (Å²) < 4.78 is 8.52. The molecule has 2 aromatic heterocycles. The fourth-order valence-electron chi connectivity index (χ4n) is 4.87. The second kappa shape index (κ2) is 12.4. The molecule has 11 nitrogen and oxygen atoms in total. The highest BCUT2D eigenvalue weighted by Gasteiger charge is 2.45. The molecule has 3 heterocycles. The van der Waals surface area contributed by atoms with Gasteiger partial charge in [-0.1, -0.05) is 32.9 Å². The number of nitrogens with zero attached hydrogens (tertiary/aromatic N) is 4. The minimum atomic E-state index is -1.15. The number of nitrogen functional groups attached to an aromatic ring is 1. The van der Waals surface area contributed by atoms with E-state index in [0.717, 1.165) is 5.69 Å². The summed E-state index contributed by atoms with van der Waals surface area (Å²) in [6, 6.07) is 7.78. The van der Waals surface area contributed by atoms with E-state index in [0.29, 0.717) is 47.4 Å². The second-order valence-corrected chi connectivity index (χ2v) is 12.4. The average molecular weight is 619 g/mol. The Kier molecular flexibility index (Phi) is 9.36. The highest BCUT2D eigenvalue weighted by Crippen LogP contribution is 2.36. The minimum absolute atomic E-state index is 0.0545. The SMILES string of the molecule is CC(C)N(CCCNC(=O)Nc1ccc(C(C)(C)C)cc1)C[C@@H]1O[C@H](n2cc(Br)c3c(N)ncnc32)[C@@H](O)[C@H]1O. The number of rotatable bonds is 9. The van der Waals surface area contributed by atoms with Crippen molar-refractivity contribution in [2.75, 3.05) is 30.7 Å². The van der Waals surface area contributed by atoms with Gasteiger partial charge in [-0.3, -0.25) is 4.90 Å². The van der Waals surface area contributed by atoms with Gasteiger partial charge in [0.2, 0.25) is 0 Å². The fourth-order valence-corrected chi connectivity index (χ4v) is 5.47. The monoisotopic (exact) mass is 617 g/mol. The molecule has 0 radical (unpaired) electrons. The highest BCUT2D eigenvalue weighted by molar-refractivity contribution is 9.10. The van der Waals surface area contributed by atoms with Crippen LogP contribution in [0.2, 0.25) is 0 Å². The van der Waals surface area contributed by atoms with E-state index in [-0.39, 0.29) is 17.5 Å². The van der Waals surface area contributed by atoms with E-state index < -0.39 is 24.5 Å². The van der Waals surface area contributed by atoms with Crippen molar-refractivity contribution in [2.45, 2.75) is 77.0 Å². The lowest BCUT2D eigenvalue weighted by atomic mass is 9.87. The Hall–Kier alpha value is -2.77. The molecule has 1 aliphatic heterocycles. The van der Waals surface area contributed by atoms with Gasteiger partial charge in [-0.2, -0.15) is 0 Å². The van der Waals surface area contributed by atoms with E-state index >= 15 is 0 Å². The Morgan fingerprint density at radius 2 is 1.90 bits per heavy atom. The molecule has 1 saturated heterocycles. The van der Waals surface area contributed by atoms with Crippen LogP contribution in [0.15, 0.2) is 41.3 Å². The van der Waals surface area contributed by atoms with Crippen molar-refractivity contribution in [3.05, 3.63) is 46.8 Å². The van der Waals surface area contributed by atoms with Gasteiger partial charge in [-0.05, 0) is 59.3 Å². The van der Waals surface area contributed by atoms with Crippen LogP contribution in [0.4, 0.5) is 16.3 Å². The van der Waals surface area contributed by atoms with Crippen LogP contribution in [0.3, 0.4) is 0 Å². The molecule has 40 heavy (non-hydrogen) atoms. The summed E-state index contributed by atoms with van der Waals surface area (Å²) in [5, 5.41) is 28.1. The number of hydrogen-bond donors (Lipinski definition) is 5. The summed E-state index contributed by atoms with van der Waals surface area (Å²) >= 11 is 3.48. The number of fused-ring (bicyclic) bond motifs is 1. The third-order valence-electron chi connectivity index (χ3n) is 7.26. The van der Waals surface area contributed by atoms with Crippen molar-refractivity contribution in [1.82, 2.24) is 24.8 Å². The summed E-state index contributed by atoms with van der Waals surface area (Å²) in [6.45, 7) is 12.1. The number of nitrogens with two attached hydrogens (primary N) is 1. The van der Waals surface area contributed by atoms with Crippen LogP contribution in [-0.2, 0) is 10.2 Å². The van der Waals surface area contributed by atoms with Crippen molar-refractivity contribution < 1.29 is 19.7 Å². The summed E-state index contributed by atoms with van der Waals surface area (Å²) in [4.78, 5) is 22.9. The zero-order valence-corrected chi connectivity index (χ0v) is 25.2. The molecule has 0 saturated carbocycles. The Labute approximate surface area is 243 Å². The van der Waals surface area contributed by atoms with Gasteiger partial charge in [0.1, 0.15) is 36.1 Å². The molecule has 2 amide bonds. The third kappa shape index (κ3) is 6.74. The van der Waals surface area contributed by atoms with E-state index in [9.17, 15) is 15.0 Å². The standard InChI is InChI=1S/C28H40BrN7O4/c1-16(2)35(12-6-11-31-27(39)34-18-9-7-17(8-10-18)28(3,4)5)14-20-22(37)23(38)26(40-20)36-13-19(29)21-24(30)32-15-33-25(21)36/h7-10,13,15-16,20,22-23,26,37-38H,6,11-12,14H2,1-5H3,(H2,30,32,33)(H2,31,34,39)/t20-,22-,23-,26-/m0/s1. The van der Waals surface area contributed by atoms with Gasteiger partial charge in [-0.25, -0.2) is 14.8 Å². The van der Waals surface area contributed by atoms with E-state index in [2.05, 4.69) is 76.1 Å². The van der Waals surface area contributed by atoms with Gasteiger partial charge in [-0.15, -0.1) is 0 Å². The van der Waals surface area contributed by atoms with Gasteiger partial charge in [0.15, 0.2) is 6.23 Å². The van der Waals surface area contributed by atoms with Crippen LogP contribution >= 0.6 is 15.9 Å². The first-order valence-electron chi connectivity index (χ1n) is 13.5. The Morgan fingerprint density at radius 1 is 1.20 bits per heavy atom. The maximum atomic E-state index is 12.4. The van der Waals surface area contributed by atoms with E-state index in [1.54, 1.807) is 10.8 Å². The lowest BCUT2D eigenvalue weighted by Crippen LogP contribution is -2.44. The number of hydrogen-bond acceptors (Lipinski definition) is 8. The lowest BCUT2D eigenvalue weighted by molar-refractivity contribution is -0.0466. The topological polar surface area (TPSA) is 151 Å². The number of nitrogens with one attached hydrogen (secondary N) is 2. The summed E-state index contributed by atoms with van der Waals surface area (Å²) in [7, 11) is 0. The van der Waals surface area contributed by atoms with Crippen LogP contribution in [0, 0.1) is 0 Å². The van der Waals surface area contributed by atoms with Crippen LogP contribution < -0.4 is 16.4 Å². The molecule has 6 N–H and O–H groups in total. The number of carbonyl (C=O) groups excluding carboxylic acids is 1. The van der Waals surface area contributed by atoms with Gasteiger partial charge < -0.3 is 35.9 Å². The zero-order chi connectivity index (χ0) is 29.2. The fraction of sp³-hybridized carbons (Fsp3) is 0.536. The van der Waals surface area contributed by atoms with Crippen LogP contribution in [0.5, 0.6) is 0 Å². The second-order valence-electron chi connectivity index (χ2n) is 11.5. The number of ether oxygens (including phenoxy) is 1. The van der Waals surface area contributed by atoms with Crippen molar-refractivity contribution in [3.8, 4) is 0 Å². The normalized spacial score (nSPS) is 21.4. The molecule has 218 valence electrons. The first-order valence-corrected chi connectivity index (χ1v) is 14.3. The number of anilines is 2. The summed E-state index contributed by atoms with van der Waals surface area (Å²) in [5.41, 5.74) is 8.52. The number of aliphatic hydroxyl groups is 2. The smallest absolute Gasteiger partial charge is 0.319 e. The molecule has 12 heteroatoms. The minimum Gasteiger partial charge on any atom is -0.387 e. The van der Waals surface area contributed by atoms with Crippen LogP contribution in [0.25, 0.3) is 11.0 Å². The van der Waals surface area contributed by atoms with Crippen molar-refractivity contribution >= 4 is 44.5 Å². The Morgan fingerprint density at radius 3 is 2.55 bits per heavy atom. The zero-order valence-electron chi connectivity index (χ0n) is 23.6. The first-order chi connectivity index (χ1) is 18.9. The molecule has 1 aromatic carbocycles. The number of amides is 2. The predicted octanol–water partition coefficient (Wildman–Crippen LogP) is 3.61. The summed E-state index contributed by atoms with van der Waals surface area (Å²) in [5.74, 6) is 0.312. The Balaban J connectivity index is 1.30. The van der Waals surface area contributed by atoms with Gasteiger partial charge in [0, 0.05) is 42.0 Å². The van der Waals surface area contributed by atoms with E-state index in [1.165, 1.54) is 11.9 Å². The number of aliphatic hydroxyl groups excluding tert-OH is 2. The maximum absolute atomic E-state index is 12.4. The number of urea groups is 1. The number of aromatic nitrogens is 3. The third-order valence-corrected chi connectivity index (χ3v) is 7.87. The van der Waals surface area contributed by atoms with E-state index in [1.807, 2.05) is 24.3 Å². The van der Waals surface area contributed by atoms with Gasteiger partial charge >= 0.3 is 6.03 Å². The summed E-state index contributed by atoms with van der Waals surface area (Å²) in [6.07, 6.45) is 0.0947. The Bertz CT molecular complexity index is 1310. The first kappa shape index (κ1) is 30.2. The number of carbonyl (C=O) groups is 1. The maximum Gasteiger partial charge on any atom is 0.319 e. The van der Waals surface area contributed by atoms with E-state index in [4.69, 9.17) is 10.5 Å². The number of halogens is 1. The molecule has 4 rings (SSSR count).